The molecule has 0 spiro atoms. The Labute approximate surface area is 100 Å². The number of nitrogens with two attached hydrogens (primary N) is 1. The molecular weight excluding hydrogens is 226 g/mol. The molecule has 0 aromatic heterocycles. The van der Waals surface area contributed by atoms with Gasteiger partial charge in [0, 0.05) is 0 Å². The average molecular weight is 245 g/mol. The van der Waals surface area contributed by atoms with Gasteiger partial charge in [-0.3, -0.25) is 14.4 Å². The maximum absolute atomic E-state index is 11.4. The third-order valence-corrected chi connectivity index (χ3v) is 2.08. The molecule has 6 nitrogen and oxygen atoms in total. The van der Waals surface area contributed by atoms with Crippen molar-refractivity contribution in [2.45, 2.75) is 39.3 Å². The fraction of sp³-hybridized carbons (Fsp3) is 0.727. The first-order valence-corrected chi connectivity index (χ1v) is 5.49. The normalized spacial score (nSPS) is 13.9. The van der Waals surface area contributed by atoms with E-state index in [1.54, 1.807) is 20.8 Å². The standard InChI is InChI=1S/C11H19NO5/c1-4-16-9(14)5-8(6-13)17-11(15)10(12)7(2)3/h6-8,10H,4-5,12H2,1-3H3. The first-order chi connectivity index (χ1) is 7.92. The molecular formula is C11H19NO5. The van der Waals surface area contributed by atoms with Crippen LogP contribution in [0.5, 0.6) is 0 Å². The predicted octanol–water partition coefficient (Wildman–Crippen LogP) is 0.0336. The molecule has 2 N–H and O–H groups in total. The average Bonchev–Trinajstić information content (AvgIpc) is 2.26. The number of carbonyl (C=O) groups excluding carboxylic acids is 3. The topological polar surface area (TPSA) is 95.7 Å². The highest BCUT2D eigenvalue weighted by Crippen LogP contribution is 2.05. The molecule has 0 fully saturated rings. The molecule has 17 heavy (non-hydrogen) atoms. The maximum Gasteiger partial charge on any atom is 0.323 e. The van der Waals surface area contributed by atoms with Gasteiger partial charge >= 0.3 is 11.9 Å². The van der Waals surface area contributed by atoms with Crippen LogP contribution in [0.4, 0.5) is 0 Å². The van der Waals surface area contributed by atoms with Gasteiger partial charge in [-0.1, -0.05) is 13.8 Å². The van der Waals surface area contributed by atoms with Gasteiger partial charge in [0.05, 0.1) is 13.0 Å². The molecule has 0 aliphatic carbocycles. The molecule has 98 valence electrons. The molecule has 0 aromatic carbocycles. The summed E-state index contributed by atoms with van der Waals surface area (Å²) in [5, 5.41) is 0. The lowest BCUT2D eigenvalue weighted by molar-refractivity contribution is -0.158. The second-order valence-electron chi connectivity index (χ2n) is 3.89. The summed E-state index contributed by atoms with van der Waals surface area (Å²) in [4.78, 5) is 33.2. The van der Waals surface area contributed by atoms with Gasteiger partial charge in [0.15, 0.2) is 12.4 Å². The number of hydrogen-bond acceptors (Lipinski definition) is 6. The van der Waals surface area contributed by atoms with Crippen LogP contribution in [0.15, 0.2) is 0 Å². The van der Waals surface area contributed by atoms with Crippen LogP contribution in [-0.2, 0) is 23.9 Å². The molecule has 0 radical (unpaired) electrons. The van der Waals surface area contributed by atoms with Crippen molar-refractivity contribution in [3.63, 3.8) is 0 Å². The van der Waals surface area contributed by atoms with Gasteiger partial charge in [-0.05, 0) is 12.8 Å². The summed E-state index contributed by atoms with van der Waals surface area (Å²) in [5.41, 5.74) is 5.55. The largest absolute Gasteiger partial charge is 0.466 e. The quantitative estimate of drug-likeness (QED) is 0.502. The highest BCUT2D eigenvalue weighted by Gasteiger charge is 2.24. The Morgan fingerprint density at radius 3 is 2.35 bits per heavy atom. The van der Waals surface area contributed by atoms with Crippen LogP contribution in [0.3, 0.4) is 0 Å². The number of ether oxygens (including phenoxy) is 2. The van der Waals surface area contributed by atoms with Crippen molar-refractivity contribution in [3.05, 3.63) is 0 Å². The minimum absolute atomic E-state index is 0.0996. The second kappa shape index (κ2) is 7.78. The number of aldehydes is 1. The van der Waals surface area contributed by atoms with Gasteiger partial charge in [0.25, 0.3) is 0 Å². The van der Waals surface area contributed by atoms with E-state index in [9.17, 15) is 14.4 Å². The van der Waals surface area contributed by atoms with Crippen LogP contribution in [0, 0.1) is 5.92 Å². The zero-order chi connectivity index (χ0) is 13.4. The number of esters is 2. The van der Waals surface area contributed by atoms with E-state index in [1.807, 2.05) is 0 Å². The van der Waals surface area contributed by atoms with E-state index < -0.39 is 24.1 Å². The van der Waals surface area contributed by atoms with Crippen molar-refractivity contribution in [2.75, 3.05) is 6.61 Å². The molecule has 2 atom stereocenters. The fourth-order valence-corrected chi connectivity index (χ4v) is 1.00. The van der Waals surface area contributed by atoms with Gasteiger partial charge in [-0.25, -0.2) is 0 Å². The van der Waals surface area contributed by atoms with E-state index in [2.05, 4.69) is 4.74 Å². The van der Waals surface area contributed by atoms with Crippen molar-refractivity contribution >= 4 is 18.2 Å². The lowest BCUT2D eigenvalue weighted by Crippen LogP contribution is -2.39. The van der Waals surface area contributed by atoms with Crippen LogP contribution >= 0.6 is 0 Å². The zero-order valence-corrected chi connectivity index (χ0v) is 10.3. The molecule has 0 aliphatic rings. The Morgan fingerprint density at radius 1 is 1.35 bits per heavy atom. The van der Waals surface area contributed by atoms with E-state index >= 15 is 0 Å². The highest BCUT2D eigenvalue weighted by molar-refractivity contribution is 5.80. The molecule has 6 heteroatoms. The van der Waals surface area contributed by atoms with E-state index in [4.69, 9.17) is 10.5 Å². The third kappa shape index (κ3) is 6.01. The van der Waals surface area contributed by atoms with Gasteiger partial charge in [-0.2, -0.15) is 0 Å². The molecule has 0 saturated heterocycles. The molecule has 0 rings (SSSR count). The number of hydrogen-bond donors (Lipinski definition) is 1. The van der Waals surface area contributed by atoms with Gasteiger partial charge in [0.1, 0.15) is 6.04 Å². The third-order valence-electron chi connectivity index (χ3n) is 2.08. The van der Waals surface area contributed by atoms with Crippen molar-refractivity contribution in [3.8, 4) is 0 Å². The first kappa shape index (κ1) is 15.6. The van der Waals surface area contributed by atoms with Crippen LogP contribution in [-0.4, -0.2) is 37.0 Å². The van der Waals surface area contributed by atoms with E-state index in [0.29, 0.717) is 6.29 Å². The lowest BCUT2D eigenvalue weighted by atomic mass is 10.1. The van der Waals surface area contributed by atoms with Crippen LogP contribution in [0.25, 0.3) is 0 Å². The fourth-order valence-electron chi connectivity index (χ4n) is 1.00. The SMILES string of the molecule is CCOC(=O)CC(C=O)OC(=O)C(N)C(C)C. The summed E-state index contributed by atoms with van der Waals surface area (Å²) in [5.74, 6) is -1.38. The minimum Gasteiger partial charge on any atom is -0.466 e. The van der Waals surface area contributed by atoms with E-state index in [-0.39, 0.29) is 18.9 Å². The smallest absolute Gasteiger partial charge is 0.323 e. The van der Waals surface area contributed by atoms with Crippen molar-refractivity contribution in [1.29, 1.82) is 0 Å². The Hall–Kier alpha value is -1.43. The van der Waals surface area contributed by atoms with Crippen molar-refractivity contribution < 1.29 is 23.9 Å². The summed E-state index contributed by atoms with van der Waals surface area (Å²) in [6.45, 7) is 5.37. The summed E-state index contributed by atoms with van der Waals surface area (Å²) < 4.78 is 9.45. The van der Waals surface area contributed by atoms with Gasteiger partial charge in [-0.15, -0.1) is 0 Å². The van der Waals surface area contributed by atoms with Crippen molar-refractivity contribution in [1.82, 2.24) is 0 Å². The van der Waals surface area contributed by atoms with Crippen LogP contribution in [0.2, 0.25) is 0 Å². The molecule has 0 aromatic rings. The summed E-state index contributed by atoms with van der Waals surface area (Å²) in [6.07, 6.45) is -1.03. The summed E-state index contributed by atoms with van der Waals surface area (Å²) in [7, 11) is 0. The predicted molar refractivity (Wildman–Crippen MR) is 60.0 cm³/mol. The molecule has 0 saturated carbocycles. The number of rotatable bonds is 7. The van der Waals surface area contributed by atoms with Gasteiger partial charge in [0.2, 0.25) is 0 Å². The molecule has 0 aliphatic heterocycles. The second-order valence-corrected chi connectivity index (χ2v) is 3.89. The number of carbonyl (C=O) groups is 3. The summed E-state index contributed by atoms with van der Waals surface area (Å²) >= 11 is 0. The Bertz CT molecular complexity index is 277. The Morgan fingerprint density at radius 2 is 1.94 bits per heavy atom. The highest BCUT2D eigenvalue weighted by atomic mass is 16.6. The van der Waals surface area contributed by atoms with Gasteiger partial charge < -0.3 is 15.2 Å². The molecule has 0 bridgehead atoms. The molecule has 0 heterocycles. The van der Waals surface area contributed by atoms with Crippen LogP contribution < -0.4 is 5.73 Å². The first-order valence-electron chi connectivity index (χ1n) is 5.49. The Balaban J connectivity index is 4.26. The lowest BCUT2D eigenvalue weighted by Gasteiger charge is -2.17. The molecule has 2 unspecified atom stereocenters. The minimum atomic E-state index is -1.13. The zero-order valence-electron chi connectivity index (χ0n) is 10.3. The monoisotopic (exact) mass is 245 g/mol. The van der Waals surface area contributed by atoms with Crippen molar-refractivity contribution in [2.24, 2.45) is 11.7 Å². The summed E-state index contributed by atoms with van der Waals surface area (Å²) in [6, 6.07) is -0.806. The molecule has 0 amide bonds. The van der Waals surface area contributed by atoms with E-state index in [0.717, 1.165) is 0 Å². The van der Waals surface area contributed by atoms with E-state index in [1.165, 1.54) is 0 Å². The van der Waals surface area contributed by atoms with Crippen LogP contribution in [0.1, 0.15) is 27.2 Å². The Kier molecular flexibility index (Phi) is 7.13. The maximum atomic E-state index is 11.4.